The van der Waals surface area contributed by atoms with E-state index in [-0.39, 0.29) is 17.0 Å². The third-order valence-corrected chi connectivity index (χ3v) is 8.55. The van der Waals surface area contributed by atoms with E-state index in [4.69, 9.17) is 0 Å². The molecule has 0 amide bonds. The van der Waals surface area contributed by atoms with Crippen molar-refractivity contribution < 1.29 is 13.2 Å². The van der Waals surface area contributed by atoms with E-state index in [1.54, 1.807) is 26.2 Å². The molecule has 4 aliphatic heterocycles. The van der Waals surface area contributed by atoms with Gasteiger partial charge in [-0.25, -0.2) is 12.7 Å². The van der Waals surface area contributed by atoms with E-state index in [9.17, 15) is 13.2 Å². The van der Waals surface area contributed by atoms with Crippen LogP contribution >= 0.6 is 0 Å². The van der Waals surface area contributed by atoms with Gasteiger partial charge in [-0.15, -0.1) is 0 Å². The maximum Gasteiger partial charge on any atom is 0.242 e. The van der Waals surface area contributed by atoms with Crippen LogP contribution in [0.1, 0.15) is 25.6 Å². The van der Waals surface area contributed by atoms with Gasteiger partial charge in [-0.1, -0.05) is 13.8 Å². The van der Waals surface area contributed by atoms with Gasteiger partial charge >= 0.3 is 0 Å². The van der Waals surface area contributed by atoms with E-state index in [1.807, 2.05) is 12.3 Å². The lowest BCUT2D eigenvalue weighted by Crippen LogP contribution is -2.75. The molecule has 150 valence electrons. The van der Waals surface area contributed by atoms with Crippen LogP contribution in [0.2, 0.25) is 0 Å². The number of sulfonamides is 1. The average molecular weight is 403 g/mol. The Kier molecular flexibility index (Phi) is 3.56. The van der Waals surface area contributed by atoms with Crippen molar-refractivity contribution in [1.29, 1.82) is 0 Å². The predicted octanol–water partition coefficient (Wildman–Crippen LogP) is 1.64. The number of H-pyrrole nitrogens is 1. The summed E-state index contributed by atoms with van der Waals surface area (Å²) in [6.07, 6.45) is 2.07. The first-order chi connectivity index (χ1) is 13.1. The number of carbonyl (C=O) groups excluding carboxylic acids is 1. The molecule has 0 radical (unpaired) electrons. The molecular formula is C20H26N4O3S. The number of piperidine rings is 2. The Morgan fingerprint density at radius 1 is 1.07 bits per heavy atom. The number of aromatic nitrogens is 1. The second-order valence-electron chi connectivity index (χ2n) is 9.37. The second-order valence-corrected chi connectivity index (χ2v) is 11.5. The number of hydrogen-bond acceptors (Lipinski definition) is 5. The van der Waals surface area contributed by atoms with Crippen molar-refractivity contribution in [2.45, 2.75) is 24.9 Å². The number of nitrogens with one attached hydrogen (secondary N) is 1. The average Bonchev–Trinajstić information content (AvgIpc) is 3.01. The molecule has 28 heavy (non-hydrogen) atoms. The van der Waals surface area contributed by atoms with Gasteiger partial charge in [-0.2, -0.15) is 0 Å². The molecule has 6 rings (SSSR count). The summed E-state index contributed by atoms with van der Waals surface area (Å²) in [4.78, 5) is 21.3. The minimum atomic E-state index is -3.49. The molecule has 1 aromatic carbocycles. The number of carbonyl (C=O) groups is 1. The van der Waals surface area contributed by atoms with E-state index in [1.165, 1.54) is 4.31 Å². The standard InChI is InChI=1S/C20H26N4O3S/c1-19-9-23-11-20(2,18(19)25)12-24(10-19)17(23)15-8-21-16-6-5-13(7-14(15)16)28(26,27)22(3)4/h5-8,17,21H,9-12H2,1-4H3. The molecule has 1 aromatic heterocycles. The zero-order chi connectivity index (χ0) is 20.1. The van der Waals surface area contributed by atoms with Gasteiger partial charge in [-0.05, 0) is 18.2 Å². The largest absolute Gasteiger partial charge is 0.361 e. The van der Waals surface area contributed by atoms with Crippen molar-refractivity contribution in [2.24, 2.45) is 10.8 Å². The summed E-state index contributed by atoms with van der Waals surface area (Å²) >= 11 is 0. The van der Waals surface area contributed by atoms with Gasteiger partial charge in [0.05, 0.1) is 21.9 Å². The Balaban J connectivity index is 1.61. The van der Waals surface area contributed by atoms with Gasteiger partial charge in [0.1, 0.15) is 5.78 Å². The third-order valence-electron chi connectivity index (χ3n) is 6.74. The highest BCUT2D eigenvalue weighted by molar-refractivity contribution is 7.89. The summed E-state index contributed by atoms with van der Waals surface area (Å²) in [5.74, 6) is 0.393. The molecule has 4 saturated heterocycles. The normalized spacial score (nSPS) is 37.3. The quantitative estimate of drug-likeness (QED) is 0.845. The van der Waals surface area contributed by atoms with Crippen molar-refractivity contribution in [3.05, 3.63) is 30.0 Å². The fraction of sp³-hybridized carbons (Fsp3) is 0.550. The number of ketones is 1. The van der Waals surface area contributed by atoms with Crippen LogP contribution in [0.3, 0.4) is 0 Å². The fourth-order valence-corrected chi connectivity index (χ4v) is 6.63. The van der Waals surface area contributed by atoms with E-state index < -0.39 is 10.0 Å². The van der Waals surface area contributed by atoms with Crippen molar-refractivity contribution in [3.8, 4) is 0 Å². The van der Waals surface area contributed by atoms with E-state index >= 15 is 0 Å². The Bertz CT molecular complexity index is 1060. The molecule has 0 aliphatic carbocycles. The number of Topliss-reactive ketones (excluding diaryl/α,β-unsaturated/α-hetero) is 1. The van der Waals surface area contributed by atoms with Gasteiger partial charge in [0, 0.05) is 62.9 Å². The number of hydrogen-bond donors (Lipinski definition) is 1. The number of benzene rings is 1. The highest BCUT2D eigenvalue weighted by atomic mass is 32.2. The van der Waals surface area contributed by atoms with Crippen molar-refractivity contribution in [1.82, 2.24) is 19.1 Å². The molecular weight excluding hydrogens is 376 g/mol. The molecule has 7 nitrogen and oxygen atoms in total. The molecule has 0 atom stereocenters. The van der Waals surface area contributed by atoms with Crippen LogP contribution in [0.25, 0.3) is 10.9 Å². The van der Waals surface area contributed by atoms with Crippen molar-refractivity contribution >= 4 is 26.7 Å². The summed E-state index contributed by atoms with van der Waals surface area (Å²) in [5, 5.41) is 0.932. The molecule has 8 heteroatoms. The summed E-state index contributed by atoms with van der Waals surface area (Å²) in [6.45, 7) is 7.18. The molecule has 4 aliphatic rings. The molecule has 5 heterocycles. The van der Waals surface area contributed by atoms with Crippen LogP contribution in [-0.4, -0.2) is 73.6 Å². The Labute approximate surface area is 165 Å². The first-order valence-corrected chi connectivity index (χ1v) is 11.1. The minimum absolute atomic E-state index is 0.0697. The maximum absolute atomic E-state index is 12.9. The molecule has 0 unspecified atom stereocenters. The third kappa shape index (κ3) is 2.26. The Hall–Kier alpha value is -1.74. The fourth-order valence-electron chi connectivity index (χ4n) is 5.70. The lowest BCUT2D eigenvalue weighted by Gasteiger charge is -2.64. The predicted molar refractivity (Wildman–Crippen MR) is 106 cm³/mol. The molecule has 4 fully saturated rings. The molecule has 0 spiro atoms. The summed E-state index contributed by atoms with van der Waals surface area (Å²) < 4.78 is 26.5. The zero-order valence-corrected chi connectivity index (χ0v) is 17.5. The van der Waals surface area contributed by atoms with Crippen LogP contribution in [0, 0.1) is 10.8 Å². The highest BCUT2D eigenvalue weighted by Gasteiger charge is 2.62. The zero-order valence-electron chi connectivity index (χ0n) is 16.7. The van der Waals surface area contributed by atoms with Crippen LogP contribution in [0.4, 0.5) is 0 Å². The summed E-state index contributed by atoms with van der Waals surface area (Å²) in [6, 6.07) is 5.26. The van der Waals surface area contributed by atoms with E-state index in [2.05, 4.69) is 28.6 Å². The number of nitrogens with zero attached hydrogens (tertiary/aromatic N) is 3. The smallest absolute Gasteiger partial charge is 0.242 e. The lowest BCUT2D eigenvalue weighted by molar-refractivity contribution is -0.196. The lowest BCUT2D eigenvalue weighted by atomic mass is 9.62. The van der Waals surface area contributed by atoms with Crippen molar-refractivity contribution in [2.75, 3.05) is 40.3 Å². The van der Waals surface area contributed by atoms with E-state index in [0.29, 0.717) is 10.7 Å². The highest BCUT2D eigenvalue weighted by Crippen LogP contribution is 2.52. The second kappa shape index (κ2) is 5.44. The molecule has 2 aromatic rings. The van der Waals surface area contributed by atoms with Gasteiger partial charge in [0.25, 0.3) is 0 Å². The van der Waals surface area contributed by atoms with Crippen LogP contribution in [0.15, 0.2) is 29.3 Å². The molecule has 0 saturated carbocycles. The SMILES string of the molecule is CN(C)S(=O)(=O)c1ccc2[nH]cc(C3N4CC5(C)CN3CC(C)(C4)C5=O)c2c1. The number of rotatable bonds is 3. The van der Waals surface area contributed by atoms with Crippen LogP contribution < -0.4 is 0 Å². The maximum atomic E-state index is 12.9. The van der Waals surface area contributed by atoms with Gasteiger partial charge in [-0.3, -0.25) is 14.6 Å². The molecule has 4 bridgehead atoms. The van der Waals surface area contributed by atoms with Crippen LogP contribution in [0.5, 0.6) is 0 Å². The Morgan fingerprint density at radius 2 is 1.64 bits per heavy atom. The van der Waals surface area contributed by atoms with Gasteiger partial charge in [0.2, 0.25) is 10.0 Å². The minimum Gasteiger partial charge on any atom is -0.361 e. The first kappa shape index (κ1) is 18.3. The monoisotopic (exact) mass is 402 g/mol. The first-order valence-electron chi connectivity index (χ1n) is 9.62. The van der Waals surface area contributed by atoms with Crippen molar-refractivity contribution in [3.63, 3.8) is 0 Å². The van der Waals surface area contributed by atoms with Crippen LogP contribution in [-0.2, 0) is 14.8 Å². The summed E-state index contributed by atoms with van der Waals surface area (Å²) in [5.41, 5.74) is 1.39. The topological polar surface area (TPSA) is 76.7 Å². The van der Waals surface area contributed by atoms with Gasteiger partial charge < -0.3 is 4.98 Å². The summed E-state index contributed by atoms with van der Waals surface area (Å²) in [7, 11) is -0.400. The Morgan fingerprint density at radius 3 is 2.18 bits per heavy atom. The number of aromatic amines is 1. The molecule has 1 N–H and O–H groups in total. The van der Waals surface area contributed by atoms with E-state index in [0.717, 1.165) is 42.6 Å². The van der Waals surface area contributed by atoms with Gasteiger partial charge in [0.15, 0.2) is 0 Å². The number of fused-ring (bicyclic) bond motifs is 1.